The first-order chi connectivity index (χ1) is 11.0. The smallest absolute Gasteiger partial charge is 0.407 e. The van der Waals surface area contributed by atoms with E-state index in [1.165, 1.54) is 18.2 Å². The van der Waals surface area contributed by atoms with Crippen LogP contribution in [-0.2, 0) is 4.74 Å². The number of nitro groups is 1. The number of hydrogen-bond donors (Lipinski definition) is 1. The average Bonchev–Trinajstić information content (AvgIpc) is 2.54. The number of non-ortho nitro benzene ring substituents is 1. The second-order valence-corrected chi connectivity index (χ2v) is 5.26. The van der Waals surface area contributed by atoms with E-state index in [1.54, 1.807) is 17.9 Å². The number of ether oxygens (including phenoxy) is 1. The molecule has 23 heavy (non-hydrogen) atoms. The first-order valence-electron chi connectivity index (χ1n) is 7.48. The summed E-state index contributed by atoms with van der Waals surface area (Å²) in [6.07, 6.45) is 1.01. The number of nitrogens with zero attached hydrogens (tertiary/aromatic N) is 2. The SMILES string of the molecule is CCOC(=O)N[C@H]1CCCN(C(=O)c2cccc([N+](=O)[O-])c2)C1. The van der Waals surface area contributed by atoms with Gasteiger partial charge in [0.2, 0.25) is 0 Å². The zero-order chi connectivity index (χ0) is 16.8. The second kappa shape index (κ2) is 7.57. The number of likely N-dealkylation sites (tertiary alicyclic amines) is 1. The maximum absolute atomic E-state index is 12.5. The van der Waals surface area contributed by atoms with Crippen molar-refractivity contribution in [1.82, 2.24) is 10.2 Å². The van der Waals surface area contributed by atoms with Gasteiger partial charge in [-0.2, -0.15) is 0 Å². The summed E-state index contributed by atoms with van der Waals surface area (Å²) in [6.45, 7) is 2.93. The molecule has 1 heterocycles. The van der Waals surface area contributed by atoms with E-state index in [9.17, 15) is 19.7 Å². The van der Waals surface area contributed by atoms with Gasteiger partial charge in [-0.25, -0.2) is 4.79 Å². The molecular formula is C15H19N3O5. The number of amides is 2. The Morgan fingerprint density at radius 2 is 2.26 bits per heavy atom. The molecule has 0 saturated carbocycles. The summed E-state index contributed by atoms with van der Waals surface area (Å²) >= 11 is 0. The molecule has 2 rings (SSSR count). The van der Waals surface area contributed by atoms with Gasteiger partial charge in [0.25, 0.3) is 11.6 Å². The molecule has 1 saturated heterocycles. The molecule has 0 bridgehead atoms. The summed E-state index contributed by atoms with van der Waals surface area (Å²) < 4.78 is 4.84. The second-order valence-electron chi connectivity index (χ2n) is 5.26. The fourth-order valence-electron chi connectivity index (χ4n) is 2.55. The normalized spacial score (nSPS) is 17.4. The monoisotopic (exact) mass is 321 g/mol. The van der Waals surface area contributed by atoms with Crippen LogP contribution in [0.5, 0.6) is 0 Å². The Hall–Kier alpha value is -2.64. The zero-order valence-corrected chi connectivity index (χ0v) is 12.9. The maximum Gasteiger partial charge on any atom is 0.407 e. The van der Waals surface area contributed by atoms with Gasteiger partial charge in [0.05, 0.1) is 11.5 Å². The molecule has 1 aromatic carbocycles. The molecule has 0 unspecified atom stereocenters. The van der Waals surface area contributed by atoms with E-state index in [0.29, 0.717) is 13.1 Å². The molecule has 1 atom stereocenters. The number of nitro benzene ring substituents is 1. The van der Waals surface area contributed by atoms with E-state index in [2.05, 4.69) is 5.32 Å². The molecule has 0 aliphatic carbocycles. The minimum atomic E-state index is -0.530. The number of carbonyl (C=O) groups excluding carboxylic acids is 2. The van der Waals surface area contributed by atoms with Crippen LogP contribution in [0.25, 0.3) is 0 Å². The Kier molecular flexibility index (Phi) is 5.51. The number of carbonyl (C=O) groups is 2. The standard InChI is InChI=1S/C15H19N3O5/c1-2-23-15(20)16-12-6-4-8-17(10-12)14(19)11-5-3-7-13(9-11)18(21)22/h3,5,7,9,12H,2,4,6,8,10H2,1H3,(H,16,20)/t12-/m0/s1. The lowest BCUT2D eigenvalue weighted by Gasteiger charge is -2.33. The largest absolute Gasteiger partial charge is 0.450 e. The molecule has 2 amide bonds. The van der Waals surface area contributed by atoms with Crippen molar-refractivity contribution in [3.8, 4) is 0 Å². The van der Waals surface area contributed by atoms with Crippen LogP contribution >= 0.6 is 0 Å². The highest BCUT2D eigenvalue weighted by Crippen LogP contribution is 2.18. The van der Waals surface area contributed by atoms with Gasteiger partial charge in [-0.15, -0.1) is 0 Å². The number of hydrogen-bond acceptors (Lipinski definition) is 5. The van der Waals surface area contributed by atoms with Gasteiger partial charge in [0.1, 0.15) is 0 Å². The van der Waals surface area contributed by atoms with Crippen LogP contribution in [0.1, 0.15) is 30.1 Å². The number of nitrogens with one attached hydrogen (secondary N) is 1. The third-order valence-corrected chi connectivity index (χ3v) is 3.61. The minimum absolute atomic E-state index is 0.117. The number of piperidine rings is 1. The molecule has 1 N–H and O–H groups in total. The highest BCUT2D eigenvalue weighted by Gasteiger charge is 2.26. The average molecular weight is 321 g/mol. The Bertz CT molecular complexity index is 605. The van der Waals surface area contributed by atoms with Crippen LogP contribution in [-0.4, -0.2) is 47.6 Å². The first kappa shape index (κ1) is 16.7. The highest BCUT2D eigenvalue weighted by atomic mass is 16.6. The summed E-state index contributed by atoms with van der Waals surface area (Å²) in [5.74, 6) is -0.274. The molecule has 1 fully saturated rings. The van der Waals surface area contributed by atoms with Crippen molar-refractivity contribution in [1.29, 1.82) is 0 Å². The third kappa shape index (κ3) is 4.41. The van der Waals surface area contributed by atoms with Crippen LogP contribution < -0.4 is 5.32 Å². The lowest BCUT2D eigenvalue weighted by molar-refractivity contribution is -0.384. The molecule has 0 radical (unpaired) electrons. The summed E-state index contributed by atoms with van der Waals surface area (Å²) in [7, 11) is 0. The predicted molar refractivity (Wildman–Crippen MR) is 82.2 cm³/mol. The van der Waals surface area contributed by atoms with Gasteiger partial charge in [-0.3, -0.25) is 14.9 Å². The quantitative estimate of drug-likeness (QED) is 0.674. The maximum atomic E-state index is 12.5. The summed E-state index contributed by atoms with van der Waals surface area (Å²) in [4.78, 5) is 35.8. The van der Waals surface area contributed by atoms with Crippen molar-refractivity contribution in [2.24, 2.45) is 0 Å². The summed E-state index contributed by atoms with van der Waals surface area (Å²) in [5.41, 5.74) is 0.157. The molecule has 0 aromatic heterocycles. The van der Waals surface area contributed by atoms with E-state index < -0.39 is 11.0 Å². The van der Waals surface area contributed by atoms with Crippen molar-refractivity contribution in [3.05, 3.63) is 39.9 Å². The highest BCUT2D eigenvalue weighted by molar-refractivity contribution is 5.95. The molecule has 8 heteroatoms. The van der Waals surface area contributed by atoms with Crippen LogP contribution in [0.2, 0.25) is 0 Å². The molecule has 1 aromatic rings. The van der Waals surface area contributed by atoms with E-state index >= 15 is 0 Å². The molecule has 1 aliphatic heterocycles. The molecule has 1 aliphatic rings. The molecule has 124 valence electrons. The topological polar surface area (TPSA) is 102 Å². The predicted octanol–water partition coefficient (Wildman–Crippen LogP) is 1.95. The van der Waals surface area contributed by atoms with Gasteiger partial charge >= 0.3 is 6.09 Å². The van der Waals surface area contributed by atoms with Crippen LogP contribution in [0.4, 0.5) is 10.5 Å². The number of alkyl carbamates (subject to hydrolysis) is 1. The van der Waals surface area contributed by atoms with Crippen LogP contribution in [0.3, 0.4) is 0 Å². The van der Waals surface area contributed by atoms with E-state index in [-0.39, 0.29) is 29.8 Å². The summed E-state index contributed by atoms with van der Waals surface area (Å²) in [6, 6.07) is 5.48. The van der Waals surface area contributed by atoms with Crippen molar-refractivity contribution >= 4 is 17.7 Å². The molecular weight excluding hydrogens is 302 g/mol. The van der Waals surface area contributed by atoms with Crippen LogP contribution in [0, 0.1) is 10.1 Å². The van der Waals surface area contributed by atoms with E-state index in [4.69, 9.17) is 4.74 Å². The van der Waals surface area contributed by atoms with Crippen molar-refractivity contribution < 1.29 is 19.2 Å². The fraction of sp³-hybridized carbons (Fsp3) is 0.467. The minimum Gasteiger partial charge on any atom is -0.450 e. The fourth-order valence-corrected chi connectivity index (χ4v) is 2.55. The van der Waals surface area contributed by atoms with Gasteiger partial charge in [-0.1, -0.05) is 6.07 Å². The lowest BCUT2D eigenvalue weighted by Crippen LogP contribution is -2.49. The zero-order valence-electron chi connectivity index (χ0n) is 12.9. The van der Waals surface area contributed by atoms with Gasteiger partial charge in [-0.05, 0) is 25.8 Å². The van der Waals surface area contributed by atoms with Crippen molar-refractivity contribution in [3.63, 3.8) is 0 Å². The van der Waals surface area contributed by atoms with Crippen LogP contribution in [0.15, 0.2) is 24.3 Å². The van der Waals surface area contributed by atoms with Gasteiger partial charge in [0, 0.05) is 36.8 Å². The summed E-state index contributed by atoms with van der Waals surface area (Å²) in [5, 5.41) is 13.5. The first-order valence-corrected chi connectivity index (χ1v) is 7.48. The van der Waals surface area contributed by atoms with E-state index in [1.807, 2.05) is 0 Å². The molecule has 8 nitrogen and oxygen atoms in total. The van der Waals surface area contributed by atoms with Crippen molar-refractivity contribution in [2.45, 2.75) is 25.8 Å². The Labute approximate surface area is 133 Å². The number of benzene rings is 1. The molecule has 0 spiro atoms. The van der Waals surface area contributed by atoms with Gasteiger partial charge < -0.3 is 15.0 Å². The Balaban J connectivity index is 2.03. The van der Waals surface area contributed by atoms with Crippen molar-refractivity contribution in [2.75, 3.05) is 19.7 Å². The van der Waals surface area contributed by atoms with E-state index in [0.717, 1.165) is 12.8 Å². The lowest BCUT2D eigenvalue weighted by atomic mass is 10.0. The Morgan fingerprint density at radius 3 is 2.96 bits per heavy atom. The number of rotatable bonds is 4. The third-order valence-electron chi connectivity index (χ3n) is 3.61. The van der Waals surface area contributed by atoms with Gasteiger partial charge in [0.15, 0.2) is 0 Å². The Morgan fingerprint density at radius 1 is 1.48 bits per heavy atom.